The van der Waals surface area contributed by atoms with Crippen LogP contribution in [0.4, 0.5) is 11.4 Å². The van der Waals surface area contributed by atoms with E-state index in [1.807, 2.05) is 31.1 Å². The predicted molar refractivity (Wildman–Crippen MR) is 158 cm³/mol. The topological polar surface area (TPSA) is 195 Å². The van der Waals surface area contributed by atoms with E-state index in [-0.39, 0.29) is 48.8 Å². The molecule has 1 fully saturated rings. The van der Waals surface area contributed by atoms with E-state index < -0.39 is 58.0 Å². The van der Waals surface area contributed by atoms with Gasteiger partial charge in [-0.05, 0) is 62.2 Å². The third-order valence-electron chi connectivity index (χ3n) is 9.10. The van der Waals surface area contributed by atoms with Crippen molar-refractivity contribution in [3.8, 4) is 17.2 Å². The number of ketones is 2. The van der Waals surface area contributed by atoms with E-state index in [1.165, 1.54) is 4.90 Å². The number of benzene rings is 2. The second-order valence-electron chi connectivity index (χ2n) is 12.0. The lowest BCUT2D eigenvalue weighted by molar-refractivity contribution is -0.153. The quantitative estimate of drug-likeness (QED) is 0.205. The van der Waals surface area contributed by atoms with E-state index >= 15 is 0 Å². The van der Waals surface area contributed by atoms with Crippen LogP contribution < -0.4 is 25.4 Å². The molecule has 1 aliphatic heterocycles. The number of phenolic OH excluding ortho intramolecular Hbond substituents is 1. The largest absolute Gasteiger partial charge is 0.508 e. The number of carbonyl (C=O) groups excluding carboxylic acids is 3. The highest BCUT2D eigenvalue weighted by Crippen LogP contribution is 2.54. The number of ether oxygens (including phenoxy) is 2. The van der Waals surface area contributed by atoms with E-state index in [9.17, 15) is 34.8 Å². The fourth-order valence-electron chi connectivity index (χ4n) is 7.07. The Kier molecular flexibility index (Phi) is 6.78. The average Bonchev–Trinajstić information content (AvgIpc) is 3.42. The molecule has 4 atom stereocenters. The van der Waals surface area contributed by atoms with Crippen molar-refractivity contribution in [2.24, 2.45) is 17.6 Å². The third kappa shape index (κ3) is 4.10. The van der Waals surface area contributed by atoms with Crippen LogP contribution in [0.2, 0.25) is 0 Å². The van der Waals surface area contributed by atoms with Gasteiger partial charge in [0.25, 0.3) is 5.91 Å². The molecule has 0 unspecified atom stereocenters. The zero-order chi connectivity index (χ0) is 31.8. The number of primary amides is 1. The maximum atomic E-state index is 14.1. The molecular formula is C31H34N4O9. The molecule has 0 aromatic heterocycles. The van der Waals surface area contributed by atoms with Crippen LogP contribution in [-0.2, 0) is 27.3 Å². The molecule has 1 amide bonds. The number of aromatic hydroxyl groups is 1. The van der Waals surface area contributed by atoms with E-state index in [0.29, 0.717) is 22.7 Å². The van der Waals surface area contributed by atoms with Gasteiger partial charge in [0.2, 0.25) is 12.6 Å². The zero-order valence-electron chi connectivity index (χ0n) is 24.7. The molecule has 0 radical (unpaired) electrons. The summed E-state index contributed by atoms with van der Waals surface area (Å²) in [5, 5.41) is 49.2. The SMILES string of the molecule is CN(C)c1cc(NCc2ccc3c(c2)OCO3)c(O)c2c1C[C@H]1C[C@H]3[C@@H](N(C)C)C(=O)C(C(N)=O)=C(O)[C@@]3(O)C(=O)C1=C2O. The number of phenols is 1. The highest BCUT2D eigenvalue weighted by Gasteiger charge is 2.64. The molecule has 0 saturated heterocycles. The highest BCUT2D eigenvalue weighted by atomic mass is 16.7. The van der Waals surface area contributed by atoms with Gasteiger partial charge in [0.1, 0.15) is 22.8 Å². The van der Waals surface area contributed by atoms with E-state index in [0.717, 1.165) is 5.56 Å². The van der Waals surface area contributed by atoms with Gasteiger partial charge in [-0.3, -0.25) is 19.3 Å². The molecule has 44 heavy (non-hydrogen) atoms. The van der Waals surface area contributed by atoms with Crippen LogP contribution in [0.5, 0.6) is 17.2 Å². The van der Waals surface area contributed by atoms with Crippen LogP contribution in [0, 0.1) is 11.8 Å². The first-order valence-electron chi connectivity index (χ1n) is 14.1. The minimum Gasteiger partial charge on any atom is -0.508 e. The number of aliphatic hydroxyl groups is 3. The number of fused-ring (bicyclic) bond motifs is 4. The molecule has 13 heteroatoms. The summed E-state index contributed by atoms with van der Waals surface area (Å²) in [4.78, 5) is 42.9. The summed E-state index contributed by atoms with van der Waals surface area (Å²) in [6.45, 7) is 0.418. The summed E-state index contributed by atoms with van der Waals surface area (Å²) in [6.07, 6.45) is 0.210. The molecule has 13 nitrogen and oxygen atoms in total. The number of aliphatic hydroxyl groups excluding tert-OH is 2. The van der Waals surface area contributed by atoms with Crippen molar-refractivity contribution in [1.29, 1.82) is 0 Å². The molecule has 1 heterocycles. The molecule has 2 aromatic carbocycles. The number of nitrogens with one attached hydrogen (secondary N) is 1. The lowest BCUT2D eigenvalue weighted by atomic mass is 9.57. The summed E-state index contributed by atoms with van der Waals surface area (Å²) in [5.41, 5.74) is 4.04. The lowest BCUT2D eigenvalue weighted by Crippen LogP contribution is -2.65. The number of carbonyl (C=O) groups is 3. The number of hydrogen-bond donors (Lipinski definition) is 6. The molecule has 1 saturated carbocycles. The van der Waals surface area contributed by atoms with Crippen LogP contribution >= 0.6 is 0 Å². The Labute approximate surface area is 252 Å². The number of hydrogen-bond acceptors (Lipinski definition) is 12. The molecule has 2 aromatic rings. The van der Waals surface area contributed by atoms with Gasteiger partial charge in [-0.15, -0.1) is 0 Å². The normalized spacial score (nSPS) is 25.5. The minimum absolute atomic E-state index is 0.0145. The third-order valence-corrected chi connectivity index (χ3v) is 9.10. The van der Waals surface area contributed by atoms with Gasteiger partial charge in [0.05, 0.1) is 17.3 Å². The Hall–Kier alpha value is -4.75. The van der Waals surface area contributed by atoms with Crippen molar-refractivity contribution in [1.82, 2.24) is 4.90 Å². The predicted octanol–water partition coefficient (Wildman–Crippen LogP) is 1.37. The lowest BCUT2D eigenvalue weighted by Gasteiger charge is -2.50. The van der Waals surface area contributed by atoms with E-state index in [4.69, 9.17) is 15.2 Å². The Morgan fingerprint density at radius 3 is 2.45 bits per heavy atom. The molecular weight excluding hydrogens is 572 g/mol. The molecule has 0 bridgehead atoms. The standard InChI is InChI=1S/C31H34N4O9/c1-34(2)18-10-17(33-11-13-5-6-19-20(7-13)44-12-43-19)25(36)22-15(18)8-14-9-16-24(35(3)4)27(38)23(30(32)41)29(40)31(16,42)28(39)21(14)26(22)37/h5-7,10,14,16,24,33,36-37,40,42H,8-9,11-12H2,1-4H3,(H2,32,41)/t14-,16-,24+,31-/m0/s1. The second kappa shape index (κ2) is 10.2. The monoisotopic (exact) mass is 606 g/mol. The van der Waals surface area contributed by atoms with Crippen molar-refractivity contribution < 1.29 is 44.3 Å². The van der Waals surface area contributed by atoms with E-state index in [1.54, 1.807) is 26.2 Å². The van der Waals surface area contributed by atoms with Gasteiger partial charge in [0, 0.05) is 37.8 Å². The fraction of sp³-hybridized carbons (Fsp3) is 0.387. The van der Waals surface area contributed by atoms with E-state index in [2.05, 4.69) is 5.32 Å². The van der Waals surface area contributed by atoms with Gasteiger partial charge >= 0.3 is 0 Å². The van der Waals surface area contributed by atoms with Gasteiger partial charge in [-0.1, -0.05) is 6.07 Å². The number of Topliss-reactive ketones (excluding diaryl/α,β-unsaturated/α-hetero) is 2. The maximum absolute atomic E-state index is 14.1. The Morgan fingerprint density at radius 2 is 1.80 bits per heavy atom. The van der Waals surface area contributed by atoms with Crippen molar-refractivity contribution in [2.75, 3.05) is 45.2 Å². The average molecular weight is 607 g/mol. The summed E-state index contributed by atoms with van der Waals surface area (Å²) in [5.74, 6) is -5.66. The fourth-order valence-corrected chi connectivity index (χ4v) is 7.07. The van der Waals surface area contributed by atoms with Crippen molar-refractivity contribution in [2.45, 2.75) is 31.0 Å². The van der Waals surface area contributed by atoms with Gasteiger partial charge in [-0.25, -0.2) is 0 Å². The number of anilines is 2. The molecule has 4 aliphatic rings. The molecule has 232 valence electrons. The Bertz CT molecular complexity index is 1700. The van der Waals surface area contributed by atoms with Gasteiger partial charge in [-0.2, -0.15) is 0 Å². The molecule has 3 aliphatic carbocycles. The van der Waals surface area contributed by atoms with Gasteiger partial charge < -0.3 is 45.9 Å². The molecule has 6 rings (SSSR count). The summed E-state index contributed by atoms with van der Waals surface area (Å²) >= 11 is 0. The number of likely N-dealkylation sites (N-methyl/N-ethyl adjacent to an activating group) is 1. The summed E-state index contributed by atoms with van der Waals surface area (Å²) < 4.78 is 10.8. The Balaban J connectivity index is 1.46. The molecule has 0 spiro atoms. The van der Waals surface area contributed by atoms with Crippen LogP contribution in [0.25, 0.3) is 5.76 Å². The van der Waals surface area contributed by atoms with Crippen molar-refractivity contribution in [3.05, 3.63) is 57.9 Å². The number of nitrogens with two attached hydrogens (primary N) is 1. The first kappa shape index (κ1) is 29.3. The number of amides is 1. The van der Waals surface area contributed by atoms with Crippen LogP contribution in [0.15, 0.2) is 41.2 Å². The minimum atomic E-state index is -2.69. The van der Waals surface area contributed by atoms with Crippen LogP contribution in [0.3, 0.4) is 0 Å². The maximum Gasteiger partial charge on any atom is 0.255 e. The first-order valence-corrected chi connectivity index (χ1v) is 14.1. The summed E-state index contributed by atoms with van der Waals surface area (Å²) in [7, 11) is 6.75. The van der Waals surface area contributed by atoms with Crippen LogP contribution in [-0.4, -0.2) is 89.4 Å². The number of nitrogens with zero attached hydrogens (tertiary/aromatic N) is 2. The van der Waals surface area contributed by atoms with Crippen molar-refractivity contribution in [3.63, 3.8) is 0 Å². The second-order valence-corrected chi connectivity index (χ2v) is 12.0. The summed E-state index contributed by atoms with van der Waals surface area (Å²) in [6, 6.07) is 6.06. The highest BCUT2D eigenvalue weighted by molar-refractivity contribution is 6.24. The smallest absolute Gasteiger partial charge is 0.255 e. The Morgan fingerprint density at radius 1 is 1.09 bits per heavy atom. The molecule has 7 N–H and O–H groups in total. The zero-order valence-corrected chi connectivity index (χ0v) is 24.7. The van der Waals surface area contributed by atoms with Crippen molar-refractivity contribution >= 4 is 34.6 Å². The number of rotatable bonds is 6. The van der Waals surface area contributed by atoms with Gasteiger partial charge in [0.15, 0.2) is 22.9 Å². The van der Waals surface area contributed by atoms with Crippen LogP contribution in [0.1, 0.15) is 23.1 Å². The first-order chi connectivity index (χ1) is 20.8.